The Balaban J connectivity index is 1.93. The van der Waals surface area contributed by atoms with Crippen LogP contribution in [0.5, 0.6) is 0 Å². The van der Waals surface area contributed by atoms with Crippen molar-refractivity contribution in [3.63, 3.8) is 0 Å². The van der Waals surface area contributed by atoms with Crippen LogP contribution in [0.25, 0.3) is 0 Å². The largest absolute Gasteiger partial charge is 0.444 e. The third kappa shape index (κ3) is 8.22. The first-order valence-electron chi connectivity index (χ1n) is 9.26. The molecule has 2 N–H and O–H groups in total. The second-order valence-corrected chi connectivity index (χ2v) is 7.40. The van der Waals surface area contributed by atoms with E-state index in [1.165, 1.54) is 0 Å². The van der Waals surface area contributed by atoms with Gasteiger partial charge < -0.3 is 20.1 Å². The van der Waals surface area contributed by atoms with Crippen LogP contribution in [0.15, 0.2) is 60.7 Å². The summed E-state index contributed by atoms with van der Waals surface area (Å²) in [6.45, 7) is 6.05. The number of nitrogens with one attached hydrogen (secondary N) is 2. The second-order valence-electron chi connectivity index (χ2n) is 7.40. The Kier molecular flexibility index (Phi) is 8.02. The molecule has 0 unspecified atom stereocenters. The van der Waals surface area contributed by atoms with Crippen molar-refractivity contribution in [2.75, 3.05) is 6.61 Å². The molecule has 0 aliphatic heterocycles. The van der Waals surface area contributed by atoms with E-state index in [0.717, 1.165) is 11.1 Å². The van der Waals surface area contributed by atoms with Crippen LogP contribution in [0.3, 0.4) is 0 Å². The molecule has 0 aliphatic rings. The minimum absolute atomic E-state index is 0.0365. The average molecular weight is 384 g/mol. The smallest absolute Gasteiger partial charge is 0.408 e. The predicted octanol–water partition coefficient (Wildman–Crippen LogP) is 3.41. The Morgan fingerprint density at radius 1 is 0.929 bits per heavy atom. The van der Waals surface area contributed by atoms with Crippen molar-refractivity contribution >= 4 is 12.0 Å². The number of hydrogen-bond acceptors (Lipinski definition) is 4. The topological polar surface area (TPSA) is 76.7 Å². The molecule has 2 rings (SSSR count). The SMILES string of the molecule is CC(C)(C)OC(=O)N[C@@H](COCc1ccccc1)C(=O)NCc1ccccc1. The van der Waals surface area contributed by atoms with Gasteiger partial charge in [-0.05, 0) is 31.9 Å². The molecule has 0 radical (unpaired) electrons. The summed E-state index contributed by atoms with van der Waals surface area (Å²) in [6.07, 6.45) is -0.657. The first-order valence-corrected chi connectivity index (χ1v) is 9.26. The van der Waals surface area contributed by atoms with E-state index in [1.807, 2.05) is 60.7 Å². The summed E-state index contributed by atoms with van der Waals surface area (Å²) in [5, 5.41) is 5.42. The Labute approximate surface area is 166 Å². The summed E-state index contributed by atoms with van der Waals surface area (Å²) in [5.41, 5.74) is 1.31. The number of hydrogen-bond donors (Lipinski definition) is 2. The van der Waals surface area contributed by atoms with Gasteiger partial charge in [0.15, 0.2) is 0 Å². The Bertz CT molecular complexity index is 742. The summed E-state index contributed by atoms with van der Waals surface area (Å²) in [5.74, 6) is -0.331. The molecule has 150 valence electrons. The van der Waals surface area contributed by atoms with Gasteiger partial charge in [-0.2, -0.15) is 0 Å². The van der Waals surface area contributed by atoms with E-state index in [-0.39, 0.29) is 12.5 Å². The first kappa shape index (κ1) is 21.4. The lowest BCUT2D eigenvalue weighted by Crippen LogP contribution is -2.50. The molecule has 2 aromatic carbocycles. The van der Waals surface area contributed by atoms with Gasteiger partial charge in [-0.1, -0.05) is 60.7 Å². The first-order chi connectivity index (χ1) is 13.3. The molecule has 0 saturated carbocycles. The van der Waals surface area contributed by atoms with E-state index < -0.39 is 17.7 Å². The van der Waals surface area contributed by atoms with E-state index >= 15 is 0 Å². The molecular formula is C22H28N2O4. The lowest BCUT2D eigenvalue weighted by molar-refractivity contribution is -0.125. The third-order valence-corrected chi connectivity index (χ3v) is 3.71. The Hall–Kier alpha value is -2.86. The van der Waals surface area contributed by atoms with Crippen molar-refractivity contribution in [2.24, 2.45) is 0 Å². The molecule has 0 fully saturated rings. The van der Waals surface area contributed by atoms with Crippen molar-refractivity contribution in [1.82, 2.24) is 10.6 Å². The normalized spacial score (nSPS) is 12.1. The number of amides is 2. The zero-order chi connectivity index (χ0) is 20.4. The molecule has 0 heterocycles. The summed E-state index contributed by atoms with van der Waals surface area (Å²) in [4.78, 5) is 24.7. The van der Waals surface area contributed by atoms with E-state index in [1.54, 1.807) is 20.8 Å². The third-order valence-electron chi connectivity index (χ3n) is 3.71. The number of ether oxygens (including phenoxy) is 2. The van der Waals surface area contributed by atoms with Crippen molar-refractivity contribution in [2.45, 2.75) is 45.6 Å². The fourth-order valence-corrected chi connectivity index (χ4v) is 2.41. The maximum Gasteiger partial charge on any atom is 0.408 e. The van der Waals surface area contributed by atoms with Gasteiger partial charge >= 0.3 is 6.09 Å². The van der Waals surface area contributed by atoms with E-state index in [9.17, 15) is 9.59 Å². The predicted molar refractivity (Wildman–Crippen MR) is 108 cm³/mol. The summed E-state index contributed by atoms with van der Waals surface area (Å²) >= 11 is 0. The van der Waals surface area contributed by atoms with Gasteiger partial charge in [0.2, 0.25) is 5.91 Å². The molecule has 0 bridgehead atoms. The molecule has 0 aliphatic carbocycles. The molecule has 1 atom stereocenters. The van der Waals surface area contributed by atoms with Crippen molar-refractivity contribution in [3.05, 3.63) is 71.8 Å². The van der Waals surface area contributed by atoms with Gasteiger partial charge in [-0.3, -0.25) is 4.79 Å². The molecule has 0 spiro atoms. The molecule has 6 nitrogen and oxygen atoms in total. The maximum atomic E-state index is 12.6. The van der Waals surface area contributed by atoms with E-state index in [2.05, 4.69) is 10.6 Å². The molecule has 0 saturated heterocycles. The molecule has 2 aromatic rings. The Morgan fingerprint density at radius 3 is 2.07 bits per heavy atom. The van der Waals surface area contributed by atoms with Crippen molar-refractivity contribution in [1.29, 1.82) is 0 Å². The lowest BCUT2D eigenvalue weighted by Gasteiger charge is -2.23. The summed E-state index contributed by atoms with van der Waals surface area (Å²) < 4.78 is 10.9. The quantitative estimate of drug-likeness (QED) is 0.731. The van der Waals surface area contributed by atoms with Crippen LogP contribution in [-0.4, -0.2) is 30.3 Å². The molecule has 2 amide bonds. The average Bonchev–Trinajstić information content (AvgIpc) is 2.65. The fourth-order valence-electron chi connectivity index (χ4n) is 2.41. The maximum absolute atomic E-state index is 12.6. The second kappa shape index (κ2) is 10.5. The van der Waals surface area contributed by atoms with Crippen LogP contribution in [0.1, 0.15) is 31.9 Å². The number of rotatable bonds is 8. The highest BCUT2D eigenvalue weighted by molar-refractivity contribution is 5.85. The highest BCUT2D eigenvalue weighted by atomic mass is 16.6. The summed E-state index contributed by atoms with van der Waals surface area (Å²) in [7, 11) is 0. The summed E-state index contributed by atoms with van der Waals surface area (Å²) in [6, 6.07) is 18.3. The highest BCUT2D eigenvalue weighted by Gasteiger charge is 2.24. The van der Waals surface area contributed by atoms with Crippen LogP contribution < -0.4 is 10.6 Å². The van der Waals surface area contributed by atoms with Crippen LogP contribution in [0, 0.1) is 0 Å². The van der Waals surface area contributed by atoms with Gasteiger partial charge in [-0.25, -0.2) is 4.79 Å². The van der Waals surface area contributed by atoms with Crippen LogP contribution in [-0.2, 0) is 27.4 Å². The van der Waals surface area contributed by atoms with Gasteiger partial charge in [-0.15, -0.1) is 0 Å². The minimum atomic E-state index is -0.859. The van der Waals surface area contributed by atoms with Crippen molar-refractivity contribution in [3.8, 4) is 0 Å². The van der Waals surface area contributed by atoms with Crippen LogP contribution in [0.4, 0.5) is 4.79 Å². The highest BCUT2D eigenvalue weighted by Crippen LogP contribution is 2.07. The zero-order valence-electron chi connectivity index (χ0n) is 16.6. The molecular weight excluding hydrogens is 356 g/mol. The minimum Gasteiger partial charge on any atom is -0.444 e. The molecule has 28 heavy (non-hydrogen) atoms. The van der Waals surface area contributed by atoms with Gasteiger partial charge in [0, 0.05) is 6.54 Å². The van der Waals surface area contributed by atoms with Crippen LogP contribution in [0.2, 0.25) is 0 Å². The zero-order valence-corrected chi connectivity index (χ0v) is 16.6. The van der Waals surface area contributed by atoms with Gasteiger partial charge in [0.25, 0.3) is 0 Å². The number of carbonyl (C=O) groups is 2. The lowest BCUT2D eigenvalue weighted by atomic mass is 10.2. The van der Waals surface area contributed by atoms with Crippen molar-refractivity contribution < 1.29 is 19.1 Å². The van der Waals surface area contributed by atoms with Gasteiger partial charge in [0.05, 0.1) is 13.2 Å². The Morgan fingerprint density at radius 2 is 1.50 bits per heavy atom. The van der Waals surface area contributed by atoms with Gasteiger partial charge in [0.1, 0.15) is 11.6 Å². The van der Waals surface area contributed by atoms with Crippen LogP contribution >= 0.6 is 0 Å². The molecule has 6 heteroatoms. The monoisotopic (exact) mass is 384 g/mol. The number of benzene rings is 2. The molecule has 0 aromatic heterocycles. The number of alkyl carbamates (subject to hydrolysis) is 1. The van der Waals surface area contributed by atoms with E-state index in [4.69, 9.17) is 9.47 Å². The standard InChI is InChI=1S/C22H28N2O4/c1-22(2,3)28-21(26)24-19(16-27-15-18-12-8-5-9-13-18)20(25)23-14-17-10-6-4-7-11-17/h4-13,19H,14-16H2,1-3H3,(H,23,25)(H,24,26)/t19-/m0/s1. The van der Waals surface area contributed by atoms with E-state index in [0.29, 0.717) is 13.2 Å². The fraction of sp³-hybridized carbons (Fsp3) is 0.364. The number of carbonyl (C=O) groups excluding carboxylic acids is 2.